The first-order valence-electron chi connectivity index (χ1n) is 7.74. The molecule has 2 aromatic rings. The van der Waals surface area contributed by atoms with Crippen LogP contribution in [0.5, 0.6) is 0 Å². The lowest BCUT2D eigenvalue weighted by Gasteiger charge is -2.18. The van der Waals surface area contributed by atoms with Gasteiger partial charge >= 0.3 is 5.97 Å². The molecular formula is C17H15ClN2O5S. The predicted molar refractivity (Wildman–Crippen MR) is 97.2 cm³/mol. The summed E-state index contributed by atoms with van der Waals surface area (Å²) < 4.78 is 27.3. The third kappa shape index (κ3) is 3.66. The highest BCUT2D eigenvalue weighted by atomic mass is 35.5. The first-order chi connectivity index (χ1) is 12.3. The standard InChI is InChI=1S/C17H15ClN2O5S/c18-14-10-12(6-7-15(14)20-8-2-5-16(20)21)19-26(24,25)13-4-1-3-11(9-13)17(22)23/h1,3-4,6-7,9-10,19H,2,5,8H2,(H,22,23). The Morgan fingerprint density at radius 2 is 1.96 bits per heavy atom. The van der Waals surface area contributed by atoms with Gasteiger partial charge in [0, 0.05) is 13.0 Å². The summed E-state index contributed by atoms with van der Waals surface area (Å²) in [7, 11) is -3.98. The summed E-state index contributed by atoms with van der Waals surface area (Å²) in [6.45, 7) is 0.575. The van der Waals surface area contributed by atoms with Crippen LogP contribution >= 0.6 is 11.6 Å². The van der Waals surface area contributed by atoms with Crippen LogP contribution in [-0.2, 0) is 14.8 Å². The monoisotopic (exact) mass is 394 g/mol. The van der Waals surface area contributed by atoms with Crippen LogP contribution in [0.4, 0.5) is 11.4 Å². The smallest absolute Gasteiger partial charge is 0.335 e. The molecule has 1 saturated heterocycles. The molecule has 0 saturated carbocycles. The fraction of sp³-hybridized carbons (Fsp3) is 0.176. The fourth-order valence-corrected chi connectivity index (χ4v) is 4.08. The molecule has 1 aliphatic rings. The summed E-state index contributed by atoms with van der Waals surface area (Å²) in [5.41, 5.74) is 0.616. The fourth-order valence-electron chi connectivity index (χ4n) is 2.70. The average molecular weight is 395 g/mol. The number of rotatable bonds is 5. The number of benzene rings is 2. The minimum atomic E-state index is -3.98. The summed E-state index contributed by atoms with van der Waals surface area (Å²) >= 11 is 6.21. The van der Waals surface area contributed by atoms with E-state index < -0.39 is 16.0 Å². The van der Waals surface area contributed by atoms with Gasteiger partial charge in [-0.3, -0.25) is 9.52 Å². The third-order valence-corrected chi connectivity index (χ3v) is 5.64. The Morgan fingerprint density at radius 1 is 1.19 bits per heavy atom. The number of halogens is 1. The molecule has 26 heavy (non-hydrogen) atoms. The lowest BCUT2D eigenvalue weighted by molar-refractivity contribution is -0.117. The number of carbonyl (C=O) groups excluding carboxylic acids is 1. The molecule has 1 amide bonds. The zero-order valence-corrected chi connectivity index (χ0v) is 15.0. The highest BCUT2D eigenvalue weighted by Gasteiger charge is 2.24. The van der Waals surface area contributed by atoms with Crippen LogP contribution in [-0.4, -0.2) is 31.9 Å². The number of carbonyl (C=O) groups is 2. The SMILES string of the molecule is O=C(O)c1cccc(S(=O)(=O)Nc2ccc(N3CCCC3=O)c(Cl)c2)c1. The first kappa shape index (κ1) is 18.2. The number of carboxylic acid groups (broad SMARTS) is 1. The Morgan fingerprint density at radius 3 is 2.58 bits per heavy atom. The molecule has 0 atom stereocenters. The summed E-state index contributed by atoms with van der Waals surface area (Å²) in [5, 5.41) is 9.24. The van der Waals surface area contributed by atoms with Gasteiger partial charge in [-0.1, -0.05) is 17.7 Å². The van der Waals surface area contributed by atoms with E-state index in [1.165, 1.54) is 30.3 Å². The van der Waals surface area contributed by atoms with Gasteiger partial charge in [-0.15, -0.1) is 0 Å². The molecule has 2 aromatic carbocycles. The van der Waals surface area contributed by atoms with Crippen LogP contribution < -0.4 is 9.62 Å². The third-order valence-electron chi connectivity index (χ3n) is 3.96. The zero-order valence-electron chi connectivity index (χ0n) is 13.5. The first-order valence-corrected chi connectivity index (χ1v) is 9.60. The zero-order chi connectivity index (χ0) is 18.9. The van der Waals surface area contributed by atoms with Gasteiger partial charge in [-0.2, -0.15) is 0 Å². The molecule has 0 aromatic heterocycles. The number of carboxylic acids is 1. The van der Waals surface area contributed by atoms with Crippen molar-refractivity contribution in [2.24, 2.45) is 0 Å². The van der Waals surface area contributed by atoms with Crippen molar-refractivity contribution in [3.8, 4) is 0 Å². The van der Waals surface area contributed by atoms with Gasteiger partial charge in [0.05, 0.1) is 26.9 Å². The van der Waals surface area contributed by atoms with Crippen LogP contribution in [0.25, 0.3) is 0 Å². The molecule has 3 rings (SSSR count). The van der Waals surface area contributed by atoms with Gasteiger partial charge in [-0.05, 0) is 42.8 Å². The average Bonchev–Trinajstić information content (AvgIpc) is 3.00. The Hall–Kier alpha value is -2.58. The van der Waals surface area contributed by atoms with Gasteiger partial charge in [-0.25, -0.2) is 13.2 Å². The normalized spacial score (nSPS) is 14.5. The molecule has 1 heterocycles. The number of nitrogens with one attached hydrogen (secondary N) is 1. The van der Waals surface area contributed by atoms with E-state index in [4.69, 9.17) is 16.7 Å². The maximum atomic E-state index is 12.5. The van der Waals surface area contributed by atoms with E-state index in [9.17, 15) is 18.0 Å². The van der Waals surface area contributed by atoms with Gasteiger partial charge in [0.2, 0.25) is 5.91 Å². The van der Waals surface area contributed by atoms with E-state index in [0.717, 1.165) is 12.5 Å². The molecule has 0 unspecified atom stereocenters. The second-order valence-corrected chi connectivity index (χ2v) is 7.84. The lowest BCUT2D eigenvalue weighted by Crippen LogP contribution is -2.24. The molecule has 0 aliphatic carbocycles. The second-order valence-electron chi connectivity index (χ2n) is 5.75. The van der Waals surface area contributed by atoms with Crippen molar-refractivity contribution in [2.75, 3.05) is 16.2 Å². The molecule has 1 aliphatic heterocycles. The number of nitrogens with zero attached hydrogens (tertiary/aromatic N) is 1. The van der Waals surface area contributed by atoms with Crippen molar-refractivity contribution in [1.82, 2.24) is 0 Å². The van der Waals surface area contributed by atoms with E-state index in [-0.39, 0.29) is 27.1 Å². The number of hydrogen-bond donors (Lipinski definition) is 2. The molecular weight excluding hydrogens is 380 g/mol. The van der Waals surface area contributed by atoms with Gasteiger partial charge in [0.1, 0.15) is 0 Å². The highest BCUT2D eigenvalue weighted by Crippen LogP contribution is 2.32. The summed E-state index contributed by atoms with van der Waals surface area (Å²) in [5.74, 6) is -1.24. The van der Waals surface area contributed by atoms with Gasteiger partial charge in [0.15, 0.2) is 0 Å². The Labute approximate surface area is 155 Å². The van der Waals surface area contributed by atoms with Crippen molar-refractivity contribution in [3.05, 3.63) is 53.1 Å². The molecule has 0 bridgehead atoms. The predicted octanol–water partition coefficient (Wildman–Crippen LogP) is 2.97. The van der Waals surface area contributed by atoms with E-state index >= 15 is 0 Å². The maximum absolute atomic E-state index is 12.5. The topological polar surface area (TPSA) is 104 Å². The van der Waals surface area contributed by atoms with Crippen LogP contribution in [0.1, 0.15) is 23.2 Å². The van der Waals surface area contributed by atoms with Gasteiger partial charge in [0.25, 0.3) is 10.0 Å². The molecule has 2 N–H and O–H groups in total. The minimum Gasteiger partial charge on any atom is -0.478 e. The molecule has 7 nitrogen and oxygen atoms in total. The van der Waals surface area contributed by atoms with Crippen molar-refractivity contribution in [2.45, 2.75) is 17.7 Å². The summed E-state index contributed by atoms with van der Waals surface area (Å²) in [4.78, 5) is 24.2. The quantitative estimate of drug-likeness (QED) is 0.811. The van der Waals surface area contributed by atoms with Crippen molar-refractivity contribution in [3.63, 3.8) is 0 Å². The van der Waals surface area contributed by atoms with Gasteiger partial charge < -0.3 is 10.0 Å². The van der Waals surface area contributed by atoms with Crippen molar-refractivity contribution >= 4 is 44.9 Å². The van der Waals surface area contributed by atoms with Crippen LogP contribution in [0.15, 0.2) is 47.4 Å². The number of hydrogen-bond acceptors (Lipinski definition) is 4. The van der Waals surface area contributed by atoms with Crippen LogP contribution in [0.2, 0.25) is 5.02 Å². The molecule has 136 valence electrons. The maximum Gasteiger partial charge on any atom is 0.335 e. The number of sulfonamides is 1. The number of anilines is 2. The second kappa shape index (κ2) is 6.97. The Kier molecular flexibility index (Phi) is 4.88. The van der Waals surface area contributed by atoms with Crippen molar-refractivity contribution < 1.29 is 23.1 Å². The molecule has 0 radical (unpaired) electrons. The van der Waals surface area contributed by atoms with E-state index in [1.54, 1.807) is 11.0 Å². The van der Waals surface area contributed by atoms with Crippen molar-refractivity contribution in [1.29, 1.82) is 0 Å². The Balaban J connectivity index is 1.86. The van der Waals surface area contributed by atoms with E-state index in [0.29, 0.717) is 18.7 Å². The lowest BCUT2D eigenvalue weighted by atomic mass is 10.2. The molecule has 9 heteroatoms. The molecule has 1 fully saturated rings. The van der Waals surface area contributed by atoms with E-state index in [1.807, 2.05) is 0 Å². The minimum absolute atomic E-state index is 0.0225. The number of aromatic carboxylic acids is 1. The summed E-state index contributed by atoms with van der Waals surface area (Å²) in [6, 6.07) is 9.54. The number of amides is 1. The van der Waals surface area contributed by atoms with Crippen LogP contribution in [0, 0.1) is 0 Å². The molecule has 0 spiro atoms. The van der Waals surface area contributed by atoms with Crippen LogP contribution in [0.3, 0.4) is 0 Å². The van der Waals surface area contributed by atoms with E-state index in [2.05, 4.69) is 4.72 Å². The highest BCUT2D eigenvalue weighted by molar-refractivity contribution is 7.92. The summed E-state index contributed by atoms with van der Waals surface area (Å²) in [6.07, 6.45) is 1.22. The largest absolute Gasteiger partial charge is 0.478 e. The Bertz CT molecular complexity index is 990.